The first kappa shape index (κ1) is 7.61. The topological polar surface area (TPSA) is 29.3 Å². The van der Waals surface area contributed by atoms with Crippen molar-refractivity contribution in [2.45, 2.75) is 19.3 Å². The Kier molecular flexibility index (Phi) is 3.30. The lowest BCUT2D eigenvalue weighted by Gasteiger charge is -2.13. The molecule has 0 spiro atoms. The van der Waals surface area contributed by atoms with Gasteiger partial charge in [0, 0.05) is 13.1 Å². The standard InChI is InChI=1S/C8H16N2/c9-5-1-2-6-10-7-3-4-8-10/h3,7H,1-2,4-6,8-9H2. The number of rotatable bonds is 4. The first-order valence-electron chi connectivity index (χ1n) is 4.04. The molecular formula is C8H16N2. The van der Waals surface area contributed by atoms with Crippen molar-refractivity contribution in [3.05, 3.63) is 12.3 Å². The summed E-state index contributed by atoms with van der Waals surface area (Å²) in [5, 5.41) is 0. The van der Waals surface area contributed by atoms with E-state index in [9.17, 15) is 0 Å². The Hall–Kier alpha value is -0.500. The predicted octanol–water partition coefficient (Wildman–Crippen LogP) is 0.945. The van der Waals surface area contributed by atoms with Crippen LogP contribution in [0.3, 0.4) is 0 Å². The second kappa shape index (κ2) is 4.34. The van der Waals surface area contributed by atoms with Crippen LogP contribution in [0.1, 0.15) is 19.3 Å². The SMILES string of the molecule is NCCCCN1C=CCC1. The molecule has 0 aromatic heterocycles. The first-order chi connectivity index (χ1) is 4.93. The van der Waals surface area contributed by atoms with Crippen molar-refractivity contribution < 1.29 is 0 Å². The van der Waals surface area contributed by atoms with Crippen molar-refractivity contribution in [3.63, 3.8) is 0 Å². The van der Waals surface area contributed by atoms with Crippen LogP contribution in [-0.4, -0.2) is 24.5 Å². The monoisotopic (exact) mass is 140 g/mol. The summed E-state index contributed by atoms with van der Waals surface area (Å²) in [7, 11) is 0. The molecule has 58 valence electrons. The van der Waals surface area contributed by atoms with E-state index in [2.05, 4.69) is 17.2 Å². The van der Waals surface area contributed by atoms with Crippen LogP contribution in [0.15, 0.2) is 12.3 Å². The zero-order valence-electron chi connectivity index (χ0n) is 6.42. The van der Waals surface area contributed by atoms with Crippen LogP contribution in [0.5, 0.6) is 0 Å². The third-order valence-corrected chi connectivity index (χ3v) is 1.80. The van der Waals surface area contributed by atoms with Gasteiger partial charge >= 0.3 is 0 Å². The first-order valence-corrected chi connectivity index (χ1v) is 4.04. The third kappa shape index (κ3) is 2.40. The lowest BCUT2D eigenvalue weighted by Crippen LogP contribution is -2.16. The highest BCUT2D eigenvalue weighted by atomic mass is 15.1. The summed E-state index contributed by atoms with van der Waals surface area (Å²) >= 11 is 0. The number of nitrogens with zero attached hydrogens (tertiary/aromatic N) is 1. The van der Waals surface area contributed by atoms with Gasteiger partial charge < -0.3 is 10.6 Å². The van der Waals surface area contributed by atoms with Crippen LogP contribution in [0.4, 0.5) is 0 Å². The van der Waals surface area contributed by atoms with Crippen LogP contribution in [0.2, 0.25) is 0 Å². The Morgan fingerprint density at radius 3 is 2.90 bits per heavy atom. The van der Waals surface area contributed by atoms with Crippen molar-refractivity contribution in [2.24, 2.45) is 5.73 Å². The molecule has 1 rings (SSSR count). The summed E-state index contributed by atoms with van der Waals surface area (Å²) in [4.78, 5) is 2.36. The molecule has 0 unspecified atom stereocenters. The molecular weight excluding hydrogens is 124 g/mol. The lowest BCUT2D eigenvalue weighted by molar-refractivity contribution is 0.394. The van der Waals surface area contributed by atoms with E-state index in [4.69, 9.17) is 5.73 Å². The smallest absolute Gasteiger partial charge is 0.0207 e. The molecule has 0 aliphatic carbocycles. The molecule has 0 aromatic rings. The zero-order valence-corrected chi connectivity index (χ0v) is 6.42. The van der Waals surface area contributed by atoms with E-state index >= 15 is 0 Å². The van der Waals surface area contributed by atoms with Crippen molar-refractivity contribution in [1.29, 1.82) is 0 Å². The Bertz CT molecular complexity index is 110. The van der Waals surface area contributed by atoms with Crippen molar-refractivity contribution in [2.75, 3.05) is 19.6 Å². The minimum Gasteiger partial charge on any atom is -0.377 e. The van der Waals surface area contributed by atoms with Gasteiger partial charge in [0.05, 0.1) is 0 Å². The molecule has 0 bridgehead atoms. The molecule has 1 aliphatic heterocycles. The fraction of sp³-hybridized carbons (Fsp3) is 0.750. The molecule has 1 aliphatic rings. The lowest BCUT2D eigenvalue weighted by atomic mass is 10.3. The van der Waals surface area contributed by atoms with Gasteiger partial charge in [0.1, 0.15) is 0 Å². The Morgan fingerprint density at radius 2 is 2.30 bits per heavy atom. The number of nitrogens with two attached hydrogens (primary N) is 1. The second-order valence-electron chi connectivity index (χ2n) is 2.71. The summed E-state index contributed by atoms with van der Waals surface area (Å²) in [6.07, 6.45) is 8.03. The average molecular weight is 140 g/mol. The highest BCUT2D eigenvalue weighted by Crippen LogP contribution is 2.04. The van der Waals surface area contributed by atoms with Crippen LogP contribution in [0, 0.1) is 0 Å². The van der Waals surface area contributed by atoms with E-state index in [1.165, 1.54) is 25.9 Å². The maximum Gasteiger partial charge on any atom is 0.0207 e. The highest BCUT2D eigenvalue weighted by molar-refractivity contribution is 4.90. The molecule has 1 heterocycles. The number of unbranched alkanes of at least 4 members (excludes halogenated alkanes) is 1. The van der Waals surface area contributed by atoms with E-state index in [0.717, 1.165) is 13.0 Å². The summed E-state index contributed by atoms with van der Waals surface area (Å²) in [5.74, 6) is 0. The van der Waals surface area contributed by atoms with Gasteiger partial charge in [0.25, 0.3) is 0 Å². The maximum absolute atomic E-state index is 5.38. The molecule has 0 saturated heterocycles. The Balaban J connectivity index is 1.97. The minimum absolute atomic E-state index is 0.831. The molecule has 2 N–H and O–H groups in total. The summed E-state index contributed by atoms with van der Waals surface area (Å²) < 4.78 is 0. The maximum atomic E-state index is 5.38. The molecule has 0 fully saturated rings. The molecule has 0 aromatic carbocycles. The van der Waals surface area contributed by atoms with Gasteiger partial charge in [-0.25, -0.2) is 0 Å². The summed E-state index contributed by atoms with van der Waals surface area (Å²) in [5.41, 5.74) is 5.38. The molecule has 2 heteroatoms. The Labute approximate surface area is 62.7 Å². The molecule has 2 nitrogen and oxygen atoms in total. The molecule has 0 saturated carbocycles. The van der Waals surface area contributed by atoms with E-state index in [1.54, 1.807) is 0 Å². The predicted molar refractivity (Wildman–Crippen MR) is 43.6 cm³/mol. The highest BCUT2D eigenvalue weighted by Gasteiger charge is 2.01. The van der Waals surface area contributed by atoms with Gasteiger partial charge in [-0.3, -0.25) is 0 Å². The fourth-order valence-electron chi connectivity index (χ4n) is 1.18. The minimum atomic E-state index is 0.831. The molecule has 0 radical (unpaired) electrons. The third-order valence-electron chi connectivity index (χ3n) is 1.80. The van der Waals surface area contributed by atoms with E-state index in [0.29, 0.717) is 0 Å². The van der Waals surface area contributed by atoms with Crippen molar-refractivity contribution in [1.82, 2.24) is 4.90 Å². The summed E-state index contributed by atoms with van der Waals surface area (Å²) in [6, 6.07) is 0. The Morgan fingerprint density at radius 1 is 1.40 bits per heavy atom. The number of hydrogen-bond acceptors (Lipinski definition) is 2. The number of hydrogen-bond donors (Lipinski definition) is 1. The van der Waals surface area contributed by atoms with Crippen LogP contribution < -0.4 is 5.73 Å². The van der Waals surface area contributed by atoms with Crippen LogP contribution >= 0.6 is 0 Å². The normalized spacial score (nSPS) is 16.7. The van der Waals surface area contributed by atoms with Gasteiger partial charge in [0.2, 0.25) is 0 Å². The summed E-state index contributed by atoms with van der Waals surface area (Å²) in [6.45, 7) is 3.23. The second-order valence-corrected chi connectivity index (χ2v) is 2.71. The largest absolute Gasteiger partial charge is 0.377 e. The van der Waals surface area contributed by atoms with Crippen molar-refractivity contribution in [3.8, 4) is 0 Å². The molecule has 0 atom stereocenters. The average Bonchev–Trinajstić information content (AvgIpc) is 2.41. The zero-order chi connectivity index (χ0) is 7.23. The van der Waals surface area contributed by atoms with Crippen LogP contribution in [-0.2, 0) is 0 Å². The van der Waals surface area contributed by atoms with E-state index < -0.39 is 0 Å². The quantitative estimate of drug-likeness (QED) is 0.589. The van der Waals surface area contributed by atoms with Gasteiger partial charge in [-0.05, 0) is 32.0 Å². The van der Waals surface area contributed by atoms with Gasteiger partial charge in [-0.1, -0.05) is 6.08 Å². The van der Waals surface area contributed by atoms with Crippen LogP contribution in [0.25, 0.3) is 0 Å². The van der Waals surface area contributed by atoms with E-state index in [1.807, 2.05) is 0 Å². The fourth-order valence-corrected chi connectivity index (χ4v) is 1.18. The molecule has 10 heavy (non-hydrogen) atoms. The molecule has 0 amide bonds. The van der Waals surface area contributed by atoms with Gasteiger partial charge in [-0.15, -0.1) is 0 Å². The van der Waals surface area contributed by atoms with E-state index in [-0.39, 0.29) is 0 Å². The van der Waals surface area contributed by atoms with Gasteiger partial charge in [-0.2, -0.15) is 0 Å². The van der Waals surface area contributed by atoms with Crippen molar-refractivity contribution >= 4 is 0 Å². The van der Waals surface area contributed by atoms with Gasteiger partial charge in [0.15, 0.2) is 0 Å².